The first-order valence-corrected chi connectivity index (χ1v) is 10.4. The lowest BCUT2D eigenvalue weighted by Gasteiger charge is -2.35. The Morgan fingerprint density at radius 3 is 1.29 bits per heavy atom. The largest absolute Gasteiger partial charge is 0.428 e. The van der Waals surface area contributed by atoms with Crippen molar-refractivity contribution < 1.29 is 38.2 Å². The van der Waals surface area contributed by atoms with Crippen LogP contribution in [-0.4, -0.2) is 81.2 Å². The molecule has 0 aromatic heterocycles. The van der Waals surface area contributed by atoms with Crippen LogP contribution < -0.4 is 22.1 Å². The van der Waals surface area contributed by atoms with E-state index in [-0.39, 0.29) is 0 Å². The third-order valence-corrected chi connectivity index (χ3v) is 5.33. The average molecular weight is 482 g/mol. The second-order valence-corrected chi connectivity index (χ2v) is 8.98. The number of carbonyl (C=O) groups is 6. The van der Waals surface area contributed by atoms with Gasteiger partial charge in [0.2, 0.25) is 11.8 Å². The molecule has 2 fully saturated rings. The minimum Gasteiger partial charge on any atom is -0.428 e. The van der Waals surface area contributed by atoms with Crippen LogP contribution >= 0.6 is 0 Å². The molecule has 0 aromatic carbocycles. The molecule has 2 rings (SSSR count). The number of nitrogens with two attached hydrogens (primary N) is 2. The van der Waals surface area contributed by atoms with Crippen LogP contribution in [0.2, 0.25) is 0 Å². The summed E-state index contributed by atoms with van der Waals surface area (Å²) in [5, 5.41) is 5.86. The van der Waals surface area contributed by atoms with Crippen molar-refractivity contribution in [2.45, 2.75) is 77.4 Å². The summed E-state index contributed by atoms with van der Waals surface area (Å²) >= 11 is 0. The van der Waals surface area contributed by atoms with Crippen LogP contribution in [0.25, 0.3) is 0 Å². The van der Waals surface area contributed by atoms with Gasteiger partial charge in [0.05, 0.1) is 23.4 Å². The number of ether oxygens (including phenoxy) is 2. The molecular formula is C20H30N6O8. The second kappa shape index (κ2) is 9.38. The molecule has 0 aliphatic carbocycles. The molecule has 0 saturated carbocycles. The molecule has 14 heteroatoms. The Kier molecular flexibility index (Phi) is 7.38. The Balaban J connectivity index is 2.12. The van der Waals surface area contributed by atoms with Crippen molar-refractivity contribution >= 4 is 35.6 Å². The molecule has 0 spiro atoms. The van der Waals surface area contributed by atoms with Crippen molar-refractivity contribution in [3.63, 3.8) is 0 Å². The molecule has 4 atom stereocenters. The molecule has 0 radical (unpaired) electrons. The van der Waals surface area contributed by atoms with Crippen molar-refractivity contribution in [3.05, 3.63) is 12.2 Å². The monoisotopic (exact) mass is 482 g/mol. The lowest BCUT2D eigenvalue weighted by Crippen LogP contribution is -2.57. The number of nitrogens with one attached hydrogen (secondary N) is 2. The van der Waals surface area contributed by atoms with Gasteiger partial charge in [-0.05, 0) is 41.5 Å². The maximum absolute atomic E-state index is 12.4. The standard InChI is InChI=1S/C20H30N6O8/c1-9-15(31)25(19(3,4)23-9)17(13(21)29)33-11(27)7-8-12(28)34-18(14(22)30)26-16(32)10(2)24-20(26,5)6/h7-10,17-18,23-24H,1-6H3,(H2,21,29)(H2,22,30)/b8-7-. The topological polar surface area (TPSA) is 203 Å². The van der Waals surface area contributed by atoms with Gasteiger partial charge in [0.15, 0.2) is 0 Å². The molecule has 2 aliphatic rings. The number of amides is 4. The van der Waals surface area contributed by atoms with Gasteiger partial charge in [0.25, 0.3) is 24.3 Å². The predicted molar refractivity (Wildman–Crippen MR) is 114 cm³/mol. The van der Waals surface area contributed by atoms with Gasteiger partial charge in [-0.1, -0.05) is 0 Å². The number of hydrogen-bond acceptors (Lipinski definition) is 10. The molecule has 2 heterocycles. The summed E-state index contributed by atoms with van der Waals surface area (Å²) in [5.74, 6) is -5.62. The smallest absolute Gasteiger partial charge is 0.333 e. The third-order valence-electron chi connectivity index (χ3n) is 5.33. The molecule has 34 heavy (non-hydrogen) atoms. The number of rotatable bonds is 8. The highest BCUT2D eigenvalue weighted by atomic mass is 16.6. The first kappa shape index (κ1) is 26.7. The second-order valence-electron chi connectivity index (χ2n) is 8.98. The SMILES string of the molecule is CC1NC(C)(C)N(C(OC(=O)/C=C\C(=O)OC(C(N)=O)N2C(=O)C(C)NC2(C)C)C(N)=O)C1=O. The van der Waals surface area contributed by atoms with Crippen LogP contribution in [0, 0.1) is 0 Å². The van der Waals surface area contributed by atoms with Crippen LogP contribution in [-0.2, 0) is 38.2 Å². The molecule has 2 saturated heterocycles. The highest BCUT2D eigenvalue weighted by Crippen LogP contribution is 2.25. The van der Waals surface area contributed by atoms with Crippen LogP contribution in [0.3, 0.4) is 0 Å². The van der Waals surface area contributed by atoms with Gasteiger partial charge in [0.1, 0.15) is 0 Å². The molecule has 14 nitrogen and oxygen atoms in total. The van der Waals surface area contributed by atoms with Gasteiger partial charge >= 0.3 is 11.9 Å². The zero-order valence-corrected chi connectivity index (χ0v) is 19.8. The summed E-state index contributed by atoms with van der Waals surface area (Å²) < 4.78 is 10.0. The van der Waals surface area contributed by atoms with Gasteiger partial charge < -0.3 is 20.9 Å². The molecule has 6 N–H and O–H groups in total. The molecule has 4 amide bonds. The number of hydrogen-bond donors (Lipinski definition) is 4. The fraction of sp³-hybridized carbons (Fsp3) is 0.600. The Hall–Kier alpha value is -3.52. The lowest BCUT2D eigenvalue weighted by molar-refractivity contribution is -0.173. The number of carbonyl (C=O) groups excluding carboxylic acids is 6. The molecule has 0 aromatic rings. The first-order chi connectivity index (χ1) is 15.5. The van der Waals surface area contributed by atoms with Gasteiger partial charge in [-0.25, -0.2) is 9.59 Å². The van der Waals surface area contributed by atoms with Gasteiger partial charge in [0, 0.05) is 12.2 Å². The van der Waals surface area contributed by atoms with E-state index in [1.54, 1.807) is 41.5 Å². The zero-order chi connectivity index (χ0) is 26.2. The molecule has 2 aliphatic heterocycles. The first-order valence-electron chi connectivity index (χ1n) is 10.4. The Morgan fingerprint density at radius 2 is 1.09 bits per heavy atom. The van der Waals surface area contributed by atoms with E-state index in [1.165, 1.54) is 0 Å². The lowest BCUT2D eigenvalue weighted by atomic mass is 10.2. The van der Waals surface area contributed by atoms with E-state index in [9.17, 15) is 28.8 Å². The minimum absolute atomic E-state index is 0.518. The minimum atomic E-state index is -1.75. The highest BCUT2D eigenvalue weighted by Gasteiger charge is 2.50. The maximum atomic E-state index is 12.4. The van der Waals surface area contributed by atoms with E-state index in [1.807, 2.05) is 0 Å². The fourth-order valence-corrected chi connectivity index (χ4v) is 4.02. The molecule has 188 valence electrons. The fourth-order valence-electron chi connectivity index (χ4n) is 4.02. The van der Waals surface area contributed by atoms with Crippen molar-refractivity contribution in [2.24, 2.45) is 11.5 Å². The average Bonchev–Trinajstić information content (AvgIpc) is 3.02. The van der Waals surface area contributed by atoms with Gasteiger partial charge in [-0.15, -0.1) is 0 Å². The molecule has 0 bridgehead atoms. The Morgan fingerprint density at radius 1 is 0.794 bits per heavy atom. The van der Waals surface area contributed by atoms with E-state index in [2.05, 4.69) is 10.6 Å². The summed E-state index contributed by atoms with van der Waals surface area (Å²) in [7, 11) is 0. The quantitative estimate of drug-likeness (QED) is 0.209. The van der Waals surface area contributed by atoms with Gasteiger partial charge in [-0.3, -0.25) is 39.6 Å². The number of esters is 2. The van der Waals surface area contributed by atoms with Crippen LogP contribution in [0.15, 0.2) is 12.2 Å². The van der Waals surface area contributed by atoms with E-state index in [4.69, 9.17) is 20.9 Å². The predicted octanol–water partition coefficient (Wildman–Crippen LogP) is -2.64. The van der Waals surface area contributed by atoms with Crippen molar-refractivity contribution in [1.82, 2.24) is 20.4 Å². The van der Waals surface area contributed by atoms with E-state index in [0.717, 1.165) is 9.80 Å². The Bertz CT molecular complexity index is 871. The van der Waals surface area contributed by atoms with E-state index < -0.39 is 71.4 Å². The van der Waals surface area contributed by atoms with Crippen molar-refractivity contribution in [3.8, 4) is 0 Å². The summed E-state index contributed by atoms with van der Waals surface area (Å²) in [6.07, 6.45) is -2.25. The zero-order valence-electron chi connectivity index (χ0n) is 19.8. The number of nitrogens with zero attached hydrogens (tertiary/aromatic N) is 2. The van der Waals surface area contributed by atoms with Gasteiger partial charge in [-0.2, -0.15) is 0 Å². The third kappa shape index (κ3) is 5.34. The highest BCUT2D eigenvalue weighted by molar-refractivity contribution is 5.96. The molecule has 4 unspecified atom stereocenters. The maximum Gasteiger partial charge on any atom is 0.333 e. The summed E-state index contributed by atoms with van der Waals surface area (Å²) in [6.45, 7) is 9.49. The van der Waals surface area contributed by atoms with E-state index >= 15 is 0 Å². The molecular weight excluding hydrogens is 452 g/mol. The van der Waals surface area contributed by atoms with E-state index in [0.29, 0.717) is 12.2 Å². The van der Waals surface area contributed by atoms with Crippen LogP contribution in [0.4, 0.5) is 0 Å². The normalized spacial score (nSPS) is 25.4. The summed E-state index contributed by atoms with van der Waals surface area (Å²) in [4.78, 5) is 75.1. The van der Waals surface area contributed by atoms with Crippen LogP contribution in [0.1, 0.15) is 41.5 Å². The number of primary amides is 2. The van der Waals surface area contributed by atoms with Crippen LogP contribution in [0.5, 0.6) is 0 Å². The summed E-state index contributed by atoms with van der Waals surface area (Å²) in [6, 6.07) is -1.30. The summed E-state index contributed by atoms with van der Waals surface area (Å²) in [5.41, 5.74) is 8.54. The Labute approximate surface area is 195 Å². The van der Waals surface area contributed by atoms with Crippen molar-refractivity contribution in [1.29, 1.82) is 0 Å². The van der Waals surface area contributed by atoms with Crippen molar-refractivity contribution in [2.75, 3.05) is 0 Å².